The van der Waals surface area contributed by atoms with Crippen molar-refractivity contribution in [3.05, 3.63) is 23.3 Å². The van der Waals surface area contributed by atoms with Gasteiger partial charge >= 0.3 is 0 Å². The first kappa shape index (κ1) is 11.0. The summed E-state index contributed by atoms with van der Waals surface area (Å²) in [6, 6.07) is 2.64. The molecular weight excluding hydrogens is 210 g/mol. The number of hydrogen-bond acceptors (Lipinski definition) is 2. The second-order valence-electron chi connectivity index (χ2n) is 5.72. The van der Waals surface area contributed by atoms with Crippen LogP contribution in [0.25, 0.3) is 0 Å². The molecule has 0 unspecified atom stereocenters. The van der Waals surface area contributed by atoms with Crippen LogP contribution < -0.4 is 0 Å². The molecule has 0 aromatic heterocycles. The highest BCUT2D eigenvalue weighted by Gasteiger charge is 2.49. The van der Waals surface area contributed by atoms with Gasteiger partial charge in [0.05, 0.1) is 24.2 Å². The van der Waals surface area contributed by atoms with E-state index in [4.69, 9.17) is 4.74 Å². The van der Waals surface area contributed by atoms with Gasteiger partial charge < -0.3 is 4.74 Å². The summed E-state index contributed by atoms with van der Waals surface area (Å²) in [5.41, 5.74) is 2.52. The predicted molar refractivity (Wildman–Crippen MR) is 66.2 cm³/mol. The topological polar surface area (TPSA) is 33.0 Å². The molecule has 17 heavy (non-hydrogen) atoms. The minimum Gasteiger partial charge on any atom is -0.373 e. The smallest absolute Gasteiger partial charge is 0.0697 e. The molecule has 3 atom stereocenters. The highest BCUT2D eigenvalue weighted by Crippen LogP contribution is 2.52. The normalized spacial score (nSPS) is 40.5. The van der Waals surface area contributed by atoms with Crippen molar-refractivity contribution in [1.29, 1.82) is 5.26 Å². The zero-order valence-electron chi connectivity index (χ0n) is 10.4. The summed E-state index contributed by atoms with van der Waals surface area (Å²) in [5, 5.41) is 9.64. The predicted octanol–water partition coefficient (Wildman–Crippen LogP) is 3.36. The third kappa shape index (κ3) is 1.65. The van der Waals surface area contributed by atoms with Gasteiger partial charge in [0.25, 0.3) is 0 Å². The van der Waals surface area contributed by atoms with Crippen molar-refractivity contribution < 1.29 is 4.74 Å². The lowest BCUT2D eigenvalue weighted by molar-refractivity contribution is -0.0302. The number of ether oxygens (including phenoxy) is 1. The summed E-state index contributed by atoms with van der Waals surface area (Å²) >= 11 is 0. The molecule has 2 nitrogen and oxygen atoms in total. The minimum absolute atomic E-state index is 0.145. The van der Waals surface area contributed by atoms with E-state index in [-0.39, 0.29) is 11.5 Å². The van der Waals surface area contributed by atoms with Crippen LogP contribution in [-0.4, -0.2) is 12.7 Å². The van der Waals surface area contributed by atoms with Crippen molar-refractivity contribution in [2.24, 2.45) is 11.3 Å². The van der Waals surface area contributed by atoms with Gasteiger partial charge in [0.15, 0.2) is 0 Å². The van der Waals surface area contributed by atoms with Gasteiger partial charge in [-0.25, -0.2) is 0 Å². The van der Waals surface area contributed by atoms with Crippen LogP contribution in [-0.2, 0) is 4.74 Å². The maximum Gasteiger partial charge on any atom is 0.0697 e. The van der Waals surface area contributed by atoms with Crippen LogP contribution in [0.2, 0.25) is 0 Å². The fraction of sp³-hybridized carbons (Fsp3) is 0.667. The maximum atomic E-state index is 9.64. The summed E-state index contributed by atoms with van der Waals surface area (Å²) in [6.07, 6.45) is 10.2. The zero-order chi connectivity index (χ0) is 11.9. The first-order valence-electron chi connectivity index (χ1n) is 6.65. The Hall–Kier alpha value is -1.07. The molecule has 3 rings (SSSR count). The molecule has 0 aromatic rings. The Labute approximate surface area is 103 Å². The Morgan fingerprint density at radius 3 is 3.18 bits per heavy atom. The van der Waals surface area contributed by atoms with Crippen LogP contribution in [0.15, 0.2) is 23.3 Å². The molecule has 1 fully saturated rings. The number of nitrogens with zero attached hydrogens (tertiary/aromatic N) is 1. The average Bonchev–Trinajstić information content (AvgIpc) is 2.51. The fourth-order valence-electron chi connectivity index (χ4n) is 3.81. The molecule has 0 amide bonds. The molecule has 0 N–H and O–H groups in total. The average molecular weight is 229 g/mol. The number of rotatable bonds is 0. The standard InChI is InChI=1S/C15H19NO/c1-11-8-12-4-2-6-15(10-16)7-3-5-13(14(12)15)17-9-11/h4,8,13-14H,2-3,5-7,9H2,1H3/t13-,14-,15+/m1/s1. The summed E-state index contributed by atoms with van der Waals surface area (Å²) < 4.78 is 6.02. The summed E-state index contributed by atoms with van der Waals surface area (Å²) in [4.78, 5) is 0. The van der Waals surface area contributed by atoms with Gasteiger partial charge in [-0.05, 0) is 50.2 Å². The quantitative estimate of drug-likeness (QED) is 0.638. The molecule has 3 aliphatic rings. The van der Waals surface area contributed by atoms with Gasteiger partial charge in [0.1, 0.15) is 0 Å². The van der Waals surface area contributed by atoms with E-state index in [1.165, 1.54) is 11.1 Å². The molecule has 0 spiro atoms. The molecule has 1 heterocycles. The minimum atomic E-state index is -0.145. The summed E-state index contributed by atoms with van der Waals surface area (Å²) in [7, 11) is 0. The molecule has 0 bridgehead atoms. The Morgan fingerprint density at radius 1 is 1.47 bits per heavy atom. The van der Waals surface area contributed by atoms with Crippen molar-refractivity contribution in [2.75, 3.05) is 6.61 Å². The largest absolute Gasteiger partial charge is 0.373 e. The first-order chi connectivity index (χ1) is 8.25. The van der Waals surface area contributed by atoms with Crippen molar-refractivity contribution in [3.63, 3.8) is 0 Å². The maximum absolute atomic E-state index is 9.64. The van der Waals surface area contributed by atoms with Gasteiger partial charge in [0.2, 0.25) is 0 Å². The van der Waals surface area contributed by atoms with E-state index in [1.807, 2.05) is 0 Å². The Morgan fingerprint density at radius 2 is 2.35 bits per heavy atom. The second kappa shape index (κ2) is 3.99. The Balaban J connectivity index is 2.07. The van der Waals surface area contributed by atoms with E-state index >= 15 is 0 Å². The third-order valence-electron chi connectivity index (χ3n) is 4.57. The van der Waals surface area contributed by atoms with Crippen LogP contribution in [0.3, 0.4) is 0 Å². The van der Waals surface area contributed by atoms with Gasteiger partial charge in [0, 0.05) is 5.92 Å². The van der Waals surface area contributed by atoms with E-state index in [0.29, 0.717) is 5.92 Å². The van der Waals surface area contributed by atoms with E-state index in [0.717, 1.165) is 38.7 Å². The number of nitriles is 1. The molecule has 1 saturated carbocycles. The molecule has 2 heteroatoms. The van der Waals surface area contributed by atoms with E-state index < -0.39 is 0 Å². The van der Waals surface area contributed by atoms with Gasteiger partial charge in [-0.1, -0.05) is 12.2 Å². The Bertz CT molecular complexity index is 429. The third-order valence-corrected chi connectivity index (χ3v) is 4.57. The lowest BCUT2D eigenvalue weighted by atomic mass is 9.58. The Kier molecular flexibility index (Phi) is 2.60. The van der Waals surface area contributed by atoms with Crippen molar-refractivity contribution >= 4 is 0 Å². The monoisotopic (exact) mass is 229 g/mol. The van der Waals surface area contributed by atoms with E-state index in [9.17, 15) is 5.26 Å². The van der Waals surface area contributed by atoms with Gasteiger partial charge in [-0.2, -0.15) is 5.26 Å². The summed E-state index contributed by atoms with van der Waals surface area (Å²) in [5.74, 6) is 0.326. The molecule has 1 aliphatic heterocycles. The summed E-state index contributed by atoms with van der Waals surface area (Å²) in [6.45, 7) is 2.86. The number of hydrogen-bond donors (Lipinski definition) is 0. The van der Waals surface area contributed by atoms with Crippen LogP contribution in [0.4, 0.5) is 0 Å². The lowest BCUT2D eigenvalue weighted by Crippen LogP contribution is -2.44. The van der Waals surface area contributed by atoms with Crippen LogP contribution in [0.1, 0.15) is 39.0 Å². The molecule has 0 saturated heterocycles. The highest BCUT2D eigenvalue weighted by atomic mass is 16.5. The fourth-order valence-corrected chi connectivity index (χ4v) is 3.81. The van der Waals surface area contributed by atoms with Gasteiger partial charge in [-0.15, -0.1) is 0 Å². The van der Waals surface area contributed by atoms with Crippen molar-refractivity contribution in [2.45, 2.75) is 45.1 Å². The number of allylic oxidation sites excluding steroid dienone is 2. The highest BCUT2D eigenvalue weighted by molar-refractivity contribution is 5.35. The van der Waals surface area contributed by atoms with Gasteiger partial charge in [-0.3, -0.25) is 0 Å². The van der Waals surface area contributed by atoms with Crippen molar-refractivity contribution in [3.8, 4) is 6.07 Å². The first-order valence-corrected chi connectivity index (χ1v) is 6.65. The molecule has 2 aliphatic carbocycles. The second-order valence-corrected chi connectivity index (χ2v) is 5.72. The zero-order valence-corrected chi connectivity index (χ0v) is 10.4. The van der Waals surface area contributed by atoms with Crippen LogP contribution in [0.5, 0.6) is 0 Å². The SMILES string of the molecule is CC1=CC2=CCC[C@@]3(C#N)CCC[C@@H](OC1)[C@@H]23. The lowest BCUT2D eigenvalue weighted by Gasteiger charge is -2.45. The molecule has 90 valence electrons. The van der Waals surface area contributed by atoms with Crippen LogP contribution >= 0.6 is 0 Å². The van der Waals surface area contributed by atoms with Crippen molar-refractivity contribution in [1.82, 2.24) is 0 Å². The molecule has 0 aromatic carbocycles. The molecular formula is C15H19NO. The van der Waals surface area contributed by atoms with E-state index in [2.05, 4.69) is 25.1 Å². The molecule has 0 radical (unpaired) electrons. The van der Waals surface area contributed by atoms with E-state index in [1.54, 1.807) is 0 Å². The van der Waals surface area contributed by atoms with Crippen LogP contribution in [0, 0.1) is 22.7 Å².